The maximum atomic E-state index is 5.40. The molecule has 0 unspecified atom stereocenters. The van der Waals surface area contributed by atoms with Crippen LogP contribution in [-0.2, 0) is 0 Å². The van der Waals surface area contributed by atoms with Crippen LogP contribution in [0.1, 0.15) is 11.1 Å². The van der Waals surface area contributed by atoms with Gasteiger partial charge in [-0.2, -0.15) is 0 Å². The molecule has 0 aliphatic carbocycles. The molecular formula is C16H12O4. The van der Waals surface area contributed by atoms with E-state index in [-0.39, 0.29) is 0 Å². The lowest BCUT2D eigenvalue weighted by molar-refractivity contribution is -0.102. The van der Waals surface area contributed by atoms with Crippen LogP contribution in [0.25, 0.3) is 23.3 Å². The van der Waals surface area contributed by atoms with Crippen LogP contribution in [-0.4, -0.2) is 0 Å². The number of rotatable bonds is 5. The molecule has 0 spiro atoms. The van der Waals surface area contributed by atoms with Crippen molar-refractivity contribution in [3.05, 3.63) is 60.7 Å². The van der Waals surface area contributed by atoms with Crippen molar-refractivity contribution in [3.63, 3.8) is 0 Å². The van der Waals surface area contributed by atoms with Gasteiger partial charge in [-0.05, 0) is 18.2 Å². The second-order valence-corrected chi connectivity index (χ2v) is 4.09. The van der Waals surface area contributed by atoms with Gasteiger partial charge in [-0.3, -0.25) is 18.9 Å². The van der Waals surface area contributed by atoms with Crippen LogP contribution in [0.4, 0.5) is 0 Å². The second-order valence-electron chi connectivity index (χ2n) is 4.09. The summed E-state index contributed by atoms with van der Waals surface area (Å²) in [5, 5.41) is 0. The van der Waals surface area contributed by atoms with Crippen molar-refractivity contribution in [1.82, 2.24) is 0 Å². The molecule has 20 heavy (non-hydrogen) atoms. The third-order valence-corrected chi connectivity index (χ3v) is 2.89. The van der Waals surface area contributed by atoms with Gasteiger partial charge in [-0.1, -0.05) is 43.5 Å². The van der Waals surface area contributed by atoms with Gasteiger partial charge in [0.2, 0.25) is 11.3 Å². The fourth-order valence-corrected chi connectivity index (χ4v) is 1.82. The summed E-state index contributed by atoms with van der Waals surface area (Å²) < 4.78 is 9.75. The zero-order valence-electron chi connectivity index (χ0n) is 10.7. The summed E-state index contributed by atoms with van der Waals surface area (Å²) in [7, 11) is 0. The van der Waals surface area contributed by atoms with Crippen molar-refractivity contribution < 1.29 is 18.9 Å². The lowest BCUT2D eigenvalue weighted by Crippen LogP contribution is -2.04. The van der Waals surface area contributed by atoms with Crippen molar-refractivity contribution in [1.29, 1.82) is 0 Å². The van der Waals surface area contributed by atoms with E-state index in [1.54, 1.807) is 24.3 Å². The third kappa shape index (κ3) is 1.97. The molecular weight excluding hydrogens is 256 g/mol. The van der Waals surface area contributed by atoms with Gasteiger partial charge >= 0.3 is 0 Å². The lowest BCUT2D eigenvalue weighted by Gasteiger charge is -2.11. The van der Waals surface area contributed by atoms with Gasteiger partial charge in [0.05, 0.1) is 0 Å². The standard InChI is InChI=1S/C16H12O4/c1-3-11-7-5-6-8-13(11)17-19-15-12(4-2)9-10-14-16(15)20-18-14/h3-10H,1-2H2. The molecule has 4 nitrogen and oxygen atoms in total. The van der Waals surface area contributed by atoms with Gasteiger partial charge in [0.1, 0.15) is 0 Å². The van der Waals surface area contributed by atoms with Gasteiger partial charge in [0.15, 0.2) is 5.75 Å². The van der Waals surface area contributed by atoms with Crippen molar-refractivity contribution >= 4 is 23.3 Å². The highest BCUT2D eigenvalue weighted by Gasteiger charge is 2.17. The molecule has 0 aliphatic rings. The molecule has 0 radical (unpaired) electrons. The third-order valence-electron chi connectivity index (χ3n) is 2.89. The van der Waals surface area contributed by atoms with Gasteiger partial charge in [0, 0.05) is 11.1 Å². The molecule has 0 atom stereocenters. The summed E-state index contributed by atoms with van der Waals surface area (Å²) in [4.78, 5) is 10.8. The fraction of sp³-hybridized carbons (Fsp3) is 0. The largest absolute Gasteiger partial charge is 0.289 e. The molecule has 0 saturated carbocycles. The van der Waals surface area contributed by atoms with Crippen LogP contribution >= 0.6 is 0 Å². The van der Waals surface area contributed by atoms with E-state index >= 15 is 0 Å². The van der Waals surface area contributed by atoms with E-state index in [1.165, 1.54) is 0 Å². The summed E-state index contributed by atoms with van der Waals surface area (Å²) in [6.07, 6.45) is 3.34. The summed E-state index contributed by atoms with van der Waals surface area (Å²) in [5.74, 6) is 0.998. The van der Waals surface area contributed by atoms with Crippen LogP contribution in [0.15, 0.2) is 58.7 Å². The Balaban J connectivity index is 1.90. The monoisotopic (exact) mass is 268 g/mol. The highest BCUT2D eigenvalue weighted by molar-refractivity contribution is 5.83. The van der Waals surface area contributed by atoms with Crippen LogP contribution < -0.4 is 9.78 Å². The predicted molar refractivity (Wildman–Crippen MR) is 76.4 cm³/mol. The molecule has 3 aromatic rings. The van der Waals surface area contributed by atoms with E-state index in [0.29, 0.717) is 22.7 Å². The SMILES string of the molecule is C=Cc1ccccc1OOc1c(C=C)ccc2ooc12. The van der Waals surface area contributed by atoms with Gasteiger partial charge in [-0.15, -0.1) is 0 Å². The Hall–Kier alpha value is -2.88. The Kier molecular flexibility index (Phi) is 3.05. The Morgan fingerprint density at radius 2 is 1.65 bits per heavy atom. The first-order valence-electron chi connectivity index (χ1n) is 6.03. The minimum atomic E-state index is 0.433. The smallest absolute Gasteiger partial charge is 0.273 e. The molecule has 1 aromatic heterocycles. The van der Waals surface area contributed by atoms with Crippen LogP contribution in [0, 0.1) is 0 Å². The first-order chi connectivity index (χ1) is 9.83. The lowest BCUT2D eigenvalue weighted by atomic mass is 10.2. The molecule has 0 aliphatic heterocycles. The molecule has 100 valence electrons. The highest BCUT2D eigenvalue weighted by atomic mass is 17.2. The van der Waals surface area contributed by atoms with E-state index in [4.69, 9.17) is 18.9 Å². The number of hydrogen-bond donors (Lipinski definition) is 0. The van der Waals surface area contributed by atoms with Crippen LogP contribution in [0.3, 0.4) is 0 Å². The molecule has 0 bridgehead atoms. The predicted octanol–water partition coefficient (Wildman–Crippen LogP) is 4.68. The van der Waals surface area contributed by atoms with Crippen LogP contribution in [0.2, 0.25) is 0 Å². The molecule has 0 saturated heterocycles. The normalized spacial score (nSPS) is 10.4. The molecule has 3 rings (SSSR count). The molecule has 0 amide bonds. The molecule has 0 N–H and O–H groups in total. The summed E-state index contributed by atoms with van der Waals surface area (Å²) in [5.41, 5.74) is 2.69. The van der Waals surface area contributed by atoms with Gasteiger partial charge in [0.25, 0.3) is 5.58 Å². The molecule has 0 fully saturated rings. The molecule has 4 heteroatoms. The van der Waals surface area contributed by atoms with E-state index in [9.17, 15) is 0 Å². The summed E-state index contributed by atoms with van der Waals surface area (Å²) in [6, 6.07) is 11.0. The average molecular weight is 268 g/mol. The van der Waals surface area contributed by atoms with Crippen molar-refractivity contribution in [2.75, 3.05) is 0 Å². The molecule has 1 heterocycles. The van der Waals surface area contributed by atoms with E-state index in [1.807, 2.05) is 24.3 Å². The quantitative estimate of drug-likeness (QED) is 0.497. The van der Waals surface area contributed by atoms with E-state index < -0.39 is 0 Å². The number of para-hydroxylation sites is 1. The number of fused-ring (bicyclic) bond motifs is 1. The van der Waals surface area contributed by atoms with Gasteiger partial charge in [-0.25, -0.2) is 0 Å². The Labute approximate surface area is 115 Å². The van der Waals surface area contributed by atoms with Crippen molar-refractivity contribution in [2.24, 2.45) is 0 Å². The fourth-order valence-electron chi connectivity index (χ4n) is 1.82. The van der Waals surface area contributed by atoms with Crippen molar-refractivity contribution in [2.45, 2.75) is 0 Å². The Bertz CT molecular complexity index is 764. The zero-order chi connectivity index (χ0) is 13.9. The zero-order valence-corrected chi connectivity index (χ0v) is 10.7. The number of hydrogen-bond acceptors (Lipinski definition) is 4. The first-order valence-corrected chi connectivity index (χ1v) is 6.03. The minimum absolute atomic E-state index is 0.433. The maximum Gasteiger partial charge on any atom is 0.273 e. The Morgan fingerprint density at radius 1 is 0.850 bits per heavy atom. The summed E-state index contributed by atoms with van der Waals surface area (Å²) in [6.45, 7) is 7.45. The second kappa shape index (κ2) is 5.01. The topological polar surface area (TPSA) is 44.7 Å². The molecule has 2 aromatic carbocycles. The number of benzene rings is 2. The first kappa shape index (κ1) is 12.2. The van der Waals surface area contributed by atoms with E-state index in [0.717, 1.165) is 11.1 Å². The summed E-state index contributed by atoms with van der Waals surface area (Å²) >= 11 is 0. The average Bonchev–Trinajstić information content (AvgIpc) is 2.46. The maximum absolute atomic E-state index is 5.40. The Morgan fingerprint density at radius 3 is 2.35 bits per heavy atom. The van der Waals surface area contributed by atoms with Crippen molar-refractivity contribution in [3.8, 4) is 11.5 Å². The van der Waals surface area contributed by atoms with Gasteiger partial charge < -0.3 is 0 Å². The van der Waals surface area contributed by atoms with E-state index in [2.05, 4.69) is 13.2 Å². The highest BCUT2D eigenvalue weighted by Crippen LogP contribution is 2.34. The minimum Gasteiger partial charge on any atom is -0.289 e. The van der Waals surface area contributed by atoms with Crippen LogP contribution in [0.5, 0.6) is 11.5 Å².